The summed E-state index contributed by atoms with van der Waals surface area (Å²) in [5, 5.41) is 0. The zero-order chi connectivity index (χ0) is 15.9. The van der Waals surface area contributed by atoms with Crippen molar-refractivity contribution in [3.8, 4) is 11.1 Å². The average molecular weight is 292 g/mol. The first kappa shape index (κ1) is 15.6. The Bertz CT molecular complexity index is 769. The van der Waals surface area contributed by atoms with Gasteiger partial charge in [-0.15, -0.1) is 0 Å². The highest BCUT2D eigenvalue weighted by molar-refractivity contribution is 5.82. The lowest BCUT2D eigenvalue weighted by Crippen LogP contribution is -1.97. The molecule has 4 heteroatoms. The summed E-state index contributed by atoms with van der Waals surface area (Å²) in [5.41, 5.74) is 4.83. The highest BCUT2D eigenvalue weighted by atomic mass is 16.1. The number of nitrogens with zero attached hydrogens (tertiary/aromatic N) is 2. The van der Waals surface area contributed by atoms with Crippen LogP contribution < -0.4 is 0 Å². The maximum Gasteiger partial charge on any atom is 0.240 e. The summed E-state index contributed by atoms with van der Waals surface area (Å²) in [6, 6.07) is 11.7. The third kappa shape index (κ3) is 2.94. The van der Waals surface area contributed by atoms with Gasteiger partial charge in [-0.05, 0) is 41.2 Å². The van der Waals surface area contributed by atoms with E-state index in [0.717, 1.165) is 28.7 Å². The van der Waals surface area contributed by atoms with Gasteiger partial charge >= 0.3 is 0 Å². The van der Waals surface area contributed by atoms with Crippen LogP contribution in [0, 0.1) is 0 Å². The summed E-state index contributed by atoms with van der Waals surface area (Å²) in [7, 11) is 0. The number of carbonyl (C=O) groups excluding carboxylic acids is 2. The van der Waals surface area contributed by atoms with Gasteiger partial charge < -0.3 is 0 Å². The van der Waals surface area contributed by atoms with Gasteiger partial charge in [0.15, 0.2) is 0 Å². The summed E-state index contributed by atoms with van der Waals surface area (Å²) in [4.78, 5) is 28.9. The second-order valence-electron chi connectivity index (χ2n) is 4.73. The predicted molar refractivity (Wildman–Crippen MR) is 86.2 cm³/mol. The molecular formula is C18H16N2O2. The van der Waals surface area contributed by atoms with Crippen molar-refractivity contribution in [2.75, 3.05) is 0 Å². The average Bonchev–Trinajstić information content (AvgIpc) is 2.56. The van der Waals surface area contributed by atoms with Crippen molar-refractivity contribution in [1.82, 2.24) is 0 Å². The van der Waals surface area contributed by atoms with Crippen molar-refractivity contribution in [3.05, 3.63) is 47.5 Å². The number of isocyanates is 2. The summed E-state index contributed by atoms with van der Waals surface area (Å²) < 4.78 is 0. The Morgan fingerprint density at radius 3 is 2.09 bits per heavy atom. The molecule has 0 fully saturated rings. The molecule has 2 aromatic rings. The van der Waals surface area contributed by atoms with E-state index in [9.17, 15) is 9.59 Å². The lowest BCUT2D eigenvalue weighted by atomic mass is 9.90. The van der Waals surface area contributed by atoms with E-state index in [-0.39, 0.29) is 0 Å². The molecule has 0 atom stereocenters. The maximum absolute atomic E-state index is 10.7. The number of hydrogen-bond acceptors (Lipinski definition) is 4. The fraction of sp³-hybridized carbons (Fsp3) is 0.222. The van der Waals surface area contributed by atoms with Crippen molar-refractivity contribution in [2.45, 2.75) is 26.7 Å². The molecule has 0 spiro atoms. The monoisotopic (exact) mass is 292 g/mol. The van der Waals surface area contributed by atoms with Crippen LogP contribution >= 0.6 is 0 Å². The van der Waals surface area contributed by atoms with Crippen LogP contribution in [0.25, 0.3) is 11.1 Å². The Labute approximate surface area is 129 Å². The van der Waals surface area contributed by atoms with Crippen molar-refractivity contribution >= 4 is 23.5 Å². The van der Waals surface area contributed by atoms with Gasteiger partial charge in [-0.1, -0.05) is 44.2 Å². The molecule has 22 heavy (non-hydrogen) atoms. The van der Waals surface area contributed by atoms with Crippen LogP contribution in [0.3, 0.4) is 0 Å². The molecule has 110 valence electrons. The van der Waals surface area contributed by atoms with Crippen molar-refractivity contribution in [1.29, 1.82) is 0 Å². The molecular weight excluding hydrogens is 276 g/mol. The molecule has 0 aromatic heterocycles. The first-order chi connectivity index (χ1) is 10.8. The quantitative estimate of drug-likeness (QED) is 0.605. The number of rotatable bonds is 5. The van der Waals surface area contributed by atoms with Crippen LogP contribution in [0.5, 0.6) is 0 Å². The van der Waals surface area contributed by atoms with E-state index in [0.29, 0.717) is 17.8 Å². The molecule has 2 aromatic carbocycles. The van der Waals surface area contributed by atoms with Gasteiger partial charge in [0.25, 0.3) is 0 Å². The second-order valence-corrected chi connectivity index (χ2v) is 4.73. The standard InChI is InChI=1S/C18H16N2O2/c1-3-14-15(4-2)18(20-12-22)17(19-11-21)10-16(14)13-8-6-5-7-9-13/h5-10H,3-4H2,1-2H3. The van der Waals surface area contributed by atoms with Crippen molar-refractivity contribution < 1.29 is 9.59 Å². The van der Waals surface area contributed by atoms with E-state index in [1.165, 1.54) is 6.08 Å². The van der Waals surface area contributed by atoms with Gasteiger partial charge in [0, 0.05) is 0 Å². The summed E-state index contributed by atoms with van der Waals surface area (Å²) in [5.74, 6) is 0. The van der Waals surface area contributed by atoms with Gasteiger partial charge in [0.2, 0.25) is 12.2 Å². The molecule has 0 aliphatic heterocycles. The van der Waals surface area contributed by atoms with E-state index >= 15 is 0 Å². The van der Waals surface area contributed by atoms with Gasteiger partial charge in [0.05, 0.1) is 0 Å². The summed E-state index contributed by atoms with van der Waals surface area (Å²) >= 11 is 0. The van der Waals surface area contributed by atoms with Crippen LogP contribution in [-0.2, 0) is 22.4 Å². The normalized spacial score (nSPS) is 9.73. The minimum Gasteiger partial charge on any atom is -0.211 e. The Kier molecular flexibility index (Phi) is 5.16. The zero-order valence-corrected chi connectivity index (χ0v) is 12.6. The molecule has 2 rings (SSSR count). The lowest BCUT2D eigenvalue weighted by Gasteiger charge is -2.16. The van der Waals surface area contributed by atoms with Gasteiger partial charge in [-0.2, -0.15) is 9.98 Å². The minimum absolute atomic E-state index is 0.353. The first-order valence-electron chi connectivity index (χ1n) is 7.16. The molecule has 0 N–H and O–H groups in total. The Morgan fingerprint density at radius 2 is 1.55 bits per heavy atom. The SMILES string of the molecule is CCc1c(-c2ccccc2)cc(N=C=O)c(N=C=O)c1CC. The van der Waals surface area contributed by atoms with Gasteiger partial charge in [-0.3, -0.25) is 0 Å². The second kappa shape index (κ2) is 7.28. The Balaban J connectivity index is 2.88. The number of hydrogen-bond donors (Lipinski definition) is 0. The predicted octanol–water partition coefficient (Wildman–Crippen LogP) is 4.41. The van der Waals surface area contributed by atoms with Crippen LogP contribution in [0.15, 0.2) is 46.4 Å². The molecule has 0 unspecified atom stereocenters. The topological polar surface area (TPSA) is 58.9 Å². The zero-order valence-electron chi connectivity index (χ0n) is 12.6. The van der Waals surface area contributed by atoms with Crippen molar-refractivity contribution in [3.63, 3.8) is 0 Å². The van der Waals surface area contributed by atoms with E-state index in [2.05, 4.69) is 16.9 Å². The van der Waals surface area contributed by atoms with Crippen LogP contribution in [0.2, 0.25) is 0 Å². The molecule has 0 amide bonds. The molecule has 0 heterocycles. The minimum atomic E-state index is 0.353. The summed E-state index contributed by atoms with van der Waals surface area (Å²) in [6.07, 6.45) is 4.57. The molecule has 0 saturated carbocycles. The lowest BCUT2D eigenvalue weighted by molar-refractivity contribution is 0.564. The third-order valence-corrected chi connectivity index (χ3v) is 3.61. The van der Waals surface area contributed by atoms with Crippen LogP contribution in [0.1, 0.15) is 25.0 Å². The van der Waals surface area contributed by atoms with E-state index in [4.69, 9.17) is 0 Å². The maximum atomic E-state index is 10.7. The fourth-order valence-corrected chi connectivity index (χ4v) is 2.72. The Hall–Kier alpha value is -2.80. The van der Waals surface area contributed by atoms with E-state index in [1.807, 2.05) is 37.3 Å². The highest BCUT2D eigenvalue weighted by Gasteiger charge is 2.16. The smallest absolute Gasteiger partial charge is 0.211 e. The fourth-order valence-electron chi connectivity index (χ4n) is 2.72. The number of aliphatic imine (C=N–C) groups is 2. The molecule has 0 aliphatic rings. The van der Waals surface area contributed by atoms with Crippen LogP contribution in [0.4, 0.5) is 11.4 Å². The van der Waals surface area contributed by atoms with Crippen molar-refractivity contribution in [2.24, 2.45) is 9.98 Å². The van der Waals surface area contributed by atoms with E-state index < -0.39 is 0 Å². The van der Waals surface area contributed by atoms with Gasteiger partial charge in [0.1, 0.15) is 11.4 Å². The van der Waals surface area contributed by atoms with Gasteiger partial charge in [-0.25, -0.2) is 9.59 Å². The Morgan fingerprint density at radius 1 is 0.909 bits per heavy atom. The largest absolute Gasteiger partial charge is 0.240 e. The van der Waals surface area contributed by atoms with E-state index in [1.54, 1.807) is 12.1 Å². The first-order valence-corrected chi connectivity index (χ1v) is 7.16. The van der Waals surface area contributed by atoms with Crippen LogP contribution in [-0.4, -0.2) is 12.2 Å². The summed E-state index contributed by atoms with van der Waals surface area (Å²) in [6.45, 7) is 4.04. The molecule has 0 aliphatic carbocycles. The molecule has 0 radical (unpaired) electrons. The third-order valence-electron chi connectivity index (χ3n) is 3.61. The molecule has 0 bridgehead atoms. The number of benzene rings is 2. The highest BCUT2D eigenvalue weighted by Crippen LogP contribution is 2.40. The molecule has 4 nitrogen and oxygen atoms in total. The molecule has 0 saturated heterocycles.